The lowest BCUT2D eigenvalue weighted by atomic mass is 10.1. The van der Waals surface area contributed by atoms with Crippen molar-refractivity contribution in [1.82, 2.24) is 5.32 Å². The molecule has 1 aliphatic rings. The van der Waals surface area contributed by atoms with Crippen LogP contribution in [0, 0.1) is 0 Å². The Bertz CT molecular complexity index is 840. The summed E-state index contributed by atoms with van der Waals surface area (Å²) in [5.41, 5.74) is 1.08. The zero-order valence-corrected chi connectivity index (χ0v) is 15.2. The highest BCUT2D eigenvalue weighted by Gasteiger charge is 2.32. The standard InChI is InChI=1S/C19H19ClN2O4/c1-25-15-5-3-4-14(10-15)22-11-13(9-18(22)23)21-19(24)16-8-12(20)6-7-17(16)26-2/h3-8,10,13H,9,11H2,1-2H3,(H,21,24)/t13-/m0/s1. The van der Waals surface area contributed by atoms with Gasteiger partial charge in [0.05, 0.1) is 25.8 Å². The Morgan fingerprint density at radius 1 is 1.19 bits per heavy atom. The molecule has 136 valence electrons. The van der Waals surface area contributed by atoms with Gasteiger partial charge in [-0.3, -0.25) is 9.59 Å². The van der Waals surface area contributed by atoms with Gasteiger partial charge >= 0.3 is 0 Å². The summed E-state index contributed by atoms with van der Waals surface area (Å²) in [5.74, 6) is 0.726. The van der Waals surface area contributed by atoms with Crippen LogP contribution in [0.1, 0.15) is 16.8 Å². The Balaban J connectivity index is 1.73. The highest BCUT2D eigenvalue weighted by atomic mass is 35.5. The number of carbonyl (C=O) groups is 2. The number of anilines is 1. The van der Waals surface area contributed by atoms with E-state index < -0.39 is 0 Å². The SMILES string of the molecule is COc1cccc(N2C[C@@H](NC(=O)c3cc(Cl)ccc3OC)CC2=O)c1. The predicted octanol–water partition coefficient (Wildman–Crippen LogP) is 2.89. The lowest BCUT2D eigenvalue weighted by Crippen LogP contribution is -2.37. The summed E-state index contributed by atoms with van der Waals surface area (Å²) < 4.78 is 10.4. The van der Waals surface area contributed by atoms with Gasteiger partial charge in [0.15, 0.2) is 0 Å². The van der Waals surface area contributed by atoms with Gasteiger partial charge in [-0.25, -0.2) is 0 Å². The van der Waals surface area contributed by atoms with Crippen LogP contribution in [0.5, 0.6) is 11.5 Å². The van der Waals surface area contributed by atoms with Gasteiger partial charge < -0.3 is 19.7 Å². The molecule has 1 aliphatic heterocycles. The van der Waals surface area contributed by atoms with Gasteiger partial charge in [-0.15, -0.1) is 0 Å². The van der Waals surface area contributed by atoms with E-state index >= 15 is 0 Å². The number of nitrogens with one attached hydrogen (secondary N) is 1. The van der Waals surface area contributed by atoms with Gasteiger partial charge in [-0.2, -0.15) is 0 Å². The van der Waals surface area contributed by atoms with Crippen LogP contribution in [0.2, 0.25) is 5.02 Å². The van der Waals surface area contributed by atoms with E-state index in [2.05, 4.69) is 5.32 Å². The van der Waals surface area contributed by atoms with E-state index in [1.165, 1.54) is 7.11 Å². The van der Waals surface area contributed by atoms with Crippen LogP contribution in [0.4, 0.5) is 5.69 Å². The summed E-state index contributed by atoms with van der Waals surface area (Å²) in [6.45, 7) is 0.390. The van der Waals surface area contributed by atoms with Gasteiger partial charge in [0, 0.05) is 29.7 Å². The van der Waals surface area contributed by atoms with Gasteiger partial charge in [0.25, 0.3) is 5.91 Å². The molecule has 0 aliphatic carbocycles. The van der Waals surface area contributed by atoms with Crippen molar-refractivity contribution in [2.24, 2.45) is 0 Å². The number of nitrogens with zero attached hydrogens (tertiary/aromatic N) is 1. The van der Waals surface area contributed by atoms with E-state index in [4.69, 9.17) is 21.1 Å². The number of rotatable bonds is 5. The Labute approximate surface area is 156 Å². The smallest absolute Gasteiger partial charge is 0.255 e. The average molecular weight is 375 g/mol. The van der Waals surface area contributed by atoms with Gasteiger partial charge in [-0.1, -0.05) is 17.7 Å². The molecule has 2 amide bonds. The van der Waals surface area contributed by atoms with E-state index in [-0.39, 0.29) is 24.3 Å². The Morgan fingerprint density at radius 2 is 2.00 bits per heavy atom. The molecule has 1 heterocycles. The second-order valence-electron chi connectivity index (χ2n) is 5.92. The molecule has 26 heavy (non-hydrogen) atoms. The zero-order chi connectivity index (χ0) is 18.7. The first kappa shape index (κ1) is 18.1. The predicted molar refractivity (Wildman–Crippen MR) is 99.2 cm³/mol. The summed E-state index contributed by atoms with van der Waals surface area (Å²) in [5, 5.41) is 3.33. The van der Waals surface area contributed by atoms with Crippen LogP contribution in [0.3, 0.4) is 0 Å². The molecule has 7 heteroatoms. The number of hydrogen-bond acceptors (Lipinski definition) is 4. The van der Waals surface area contributed by atoms with Crippen molar-refractivity contribution >= 4 is 29.1 Å². The van der Waals surface area contributed by atoms with Crippen molar-refractivity contribution in [3.05, 3.63) is 53.1 Å². The first-order chi connectivity index (χ1) is 12.5. The van der Waals surface area contributed by atoms with Gasteiger partial charge in [0.1, 0.15) is 11.5 Å². The largest absolute Gasteiger partial charge is 0.497 e. The fourth-order valence-corrected chi connectivity index (χ4v) is 3.13. The fraction of sp³-hybridized carbons (Fsp3) is 0.263. The molecule has 1 atom stereocenters. The van der Waals surface area contributed by atoms with Gasteiger partial charge in [-0.05, 0) is 30.3 Å². The number of ether oxygens (including phenoxy) is 2. The van der Waals surface area contributed by atoms with Gasteiger partial charge in [0.2, 0.25) is 5.91 Å². The maximum Gasteiger partial charge on any atom is 0.255 e. The van der Waals surface area contributed by atoms with Crippen LogP contribution < -0.4 is 19.7 Å². The van der Waals surface area contributed by atoms with Crippen molar-refractivity contribution in [1.29, 1.82) is 0 Å². The molecule has 1 fully saturated rings. The monoisotopic (exact) mass is 374 g/mol. The van der Waals surface area contributed by atoms with Crippen molar-refractivity contribution < 1.29 is 19.1 Å². The highest BCUT2D eigenvalue weighted by molar-refractivity contribution is 6.31. The molecule has 2 aromatic rings. The zero-order valence-electron chi connectivity index (χ0n) is 14.5. The molecule has 3 rings (SSSR count). The second-order valence-corrected chi connectivity index (χ2v) is 6.36. The first-order valence-electron chi connectivity index (χ1n) is 8.10. The molecular weight excluding hydrogens is 356 g/mol. The summed E-state index contributed by atoms with van der Waals surface area (Å²) in [6, 6.07) is 11.8. The molecule has 1 saturated heterocycles. The highest BCUT2D eigenvalue weighted by Crippen LogP contribution is 2.26. The molecule has 6 nitrogen and oxygen atoms in total. The third-order valence-corrected chi connectivity index (χ3v) is 4.47. The van der Waals surface area contributed by atoms with E-state index in [9.17, 15) is 9.59 Å². The summed E-state index contributed by atoms with van der Waals surface area (Å²) in [7, 11) is 3.07. The molecular formula is C19H19ClN2O4. The van der Waals surface area contributed by atoms with Crippen LogP contribution >= 0.6 is 11.6 Å². The third-order valence-electron chi connectivity index (χ3n) is 4.23. The summed E-state index contributed by atoms with van der Waals surface area (Å²) in [6.07, 6.45) is 0.228. The maximum absolute atomic E-state index is 12.6. The third kappa shape index (κ3) is 3.75. The molecule has 0 saturated carbocycles. The lowest BCUT2D eigenvalue weighted by Gasteiger charge is -2.18. The fourth-order valence-electron chi connectivity index (χ4n) is 2.95. The minimum Gasteiger partial charge on any atom is -0.497 e. The molecule has 0 bridgehead atoms. The first-order valence-corrected chi connectivity index (χ1v) is 8.48. The van der Waals surface area contributed by atoms with Crippen molar-refractivity contribution in [3.63, 3.8) is 0 Å². The second kappa shape index (κ2) is 7.66. The van der Waals surface area contributed by atoms with E-state index in [0.29, 0.717) is 28.6 Å². The Hall–Kier alpha value is -2.73. The topological polar surface area (TPSA) is 67.9 Å². The summed E-state index contributed by atoms with van der Waals surface area (Å²) in [4.78, 5) is 26.6. The number of hydrogen-bond donors (Lipinski definition) is 1. The minimum absolute atomic E-state index is 0.0541. The Kier molecular flexibility index (Phi) is 5.32. The molecule has 0 aromatic heterocycles. The number of amides is 2. The quantitative estimate of drug-likeness (QED) is 0.873. The number of carbonyl (C=O) groups excluding carboxylic acids is 2. The van der Waals surface area contributed by atoms with E-state index in [1.54, 1.807) is 36.3 Å². The maximum atomic E-state index is 12.6. The van der Waals surface area contributed by atoms with E-state index in [1.807, 2.05) is 18.2 Å². The summed E-state index contributed by atoms with van der Waals surface area (Å²) >= 11 is 5.98. The van der Waals surface area contributed by atoms with Crippen LogP contribution in [0.15, 0.2) is 42.5 Å². The average Bonchev–Trinajstić information content (AvgIpc) is 3.01. The number of halogens is 1. The minimum atomic E-state index is -0.324. The molecule has 0 radical (unpaired) electrons. The van der Waals surface area contributed by atoms with E-state index in [0.717, 1.165) is 5.69 Å². The molecule has 0 unspecified atom stereocenters. The molecule has 1 N–H and O–H groups in total. The molecule has 2 aromatic carbocycles. The van der Waals surface area contributed by atoms with Crippen LogP contribution in [0.25, 0.3) is 0 Å². The molecule has 0 spiro atoms. The Morgan fingerprint density at radius 3 is 2.73 bits per heavy atom. The van der Waals surface area contributed by atoms with Crippen molar-refractivity contribution in [2.45, 2.75) is 12.5 Å². The normalized spacial score (nSPS) is 16.5. The number of methoxy groups -OCH3 is 2. The van der Waals surface area contributed by atoms with Crippen molar-refractivity contribution in [3.8, 4) is 11.5 Å². The lowest BCUT2D eigenvalue weighted by molar-refractivity contribution is -0.117. The van der Waals surface area contributed by atoms with Crippen LogP contribution in [-0.2, 0) is 4.79 Å². The number of benzene rings is 2. The van der Waals surface area contributed by atoms with Crippen LogP contribution in [-0.4, -0.2) is 38.6 Å². The van der Waals surface area contributed by atoms with Crippen molar-refractivity contribution in [2.75, 3.05) is 25.7 Å².